The van der Waals surface area contributed by atoms with Gasteiger partial charge in [-0.15, -0.1) is 11.3 Å². The van der Waals surface area contributed by atoms with Gasteiger partial charge in [-0.1, -0.05) is 36.8 Å². The topological polar surface area (TPSA) is 81.7 Å². The van der Waals surface area contributed by atoms with Crippen molar-refractivity contribution >= 4 is 29.2 Å². The number of carbonyl (C=O) groups is 3. The SMILES string of the molecule is COC(=O)[C@@H](Cc1ccccc1)NC(=O)COC(=O)c1cc2c(s1)CCCCC2. The molecule has 6 nitrogen and oxygen atoms in total. The van der Waals surface area contributed by atoms with Crippen molar-refractivity contribution in [3.8, 4) is 0 Å². The minimum absolute atomic E-state index is 0.296. The van der Waals surface area contributed by atoms with Gasteiger partial charge in [-0.25, -0.2) is 9.59 Å². The van der Waals surface area contributed by atoms with Crippen molar-refractivity contribution < 1.29 is 23.9 Å². The molecule has 1 heterocycles. The third-order valence-corrected chi connectivity index (χ3v) is 6.10. The van der Waals surface area contributed by atoms with Crippen LogP contribution in [-0.2, 0) is 38.3 Å². The number of hydrogen-bond donors (Lipinski definition) is 1. The summed E-state index contributed by atoms with van der Waals surface area (Å²) in [6, 6.07) is 10.4. The van der Waals surface area contributed by atoms with Gasteiger partial charge in [0.2, 0.25) is 0 Å². The molecule has 0 spiro atoms. The normalized spacial score (nSPS) is 14.2. The molecule has 0 fully saturated rings. The number of carbonyl (C=O) groups excluding carboxylic acids is 3. The summed E-state index contributed by atoms with van der Waals surface area (Å²) in [4.78, 5) is 38.4. The van der Waals surface area contributed by atoms with Crippen molar-refractivity contribution in [2.24, 2.45) is 0 Å². The first-order chi connectivity index (χ1) is 14.1. The first-order valence-electron chi connectivity index (χ1n) is 9.76. The molecule has 1 N–H and O–H groups in total. The van der Waals surface area contributed by atoms with Crippen molar-refractivity contribution in [3.63, 3.8) is 0 Å². The van der Waals surface area contributed by atoms with Gasteiger partial charge in [-0.3, -0.25) is 4.79 Å². The number of nitrogens with one attached hydrogen (secondary N) is 1. The van der Waals surface area contributed by atoms with E-state index in [1.807, 2.05) is 36.4 Å². The van der Waals surface area contributed by atoms with Crippen LogP contribution in [-0.4, -0.2) is 37.6 Å². The maximum atomic E-state index is 12.3. The highest BCUT2D eigenvalue weighted by molar-refractivity contribution is 7.14. The van der Waals surface area contributed by atoms with Crippen LogP contribution < -0.4 is 5.32 Å². The van der Waals surface area contributed by atoms with E-state index >= 15 is 0 Å². The lowest BCUT2D eigenvalue weighted by molar-refractivity contribution is -0.145. The van der Waals surface area contributed by atoms with Gasteiger partial charge in [0.1, 0.15) is 10.9 Å². The van der Waals surface area contributed by atoms with Gasteiger partial charge in [-0.2, -0.15) is 0 Å². The van der Waals surface area contributed by atoms with Gasteiger partial charge in [0.25, 0.3) is 5.91 Å². The van der Waals surface area contributed by atoms with E-state index in [1.165, 1.54) is 35.3 Å². The van der Waals surface area contributed by atoms with Crippen LogP contribution >= 0.6 is 11.3 Å². The zero-order valence-corrected chi connectivity index (χ0v) is 17.3. The molecule has 0 unspecified atom stereocenters. The molecule has 0 aliphatic heterocycles. The average molecular weight is 416 g/mol. The summed E-state index contributed by atoms with van der Waals surface area (Å²) in [5.41, 5.74) is 2.11. The molecule has 1 aliphatic carbocycles. The van der Waals surface area contributed by atoms with E-state index in [0.29, 0.717) is 11.3 Å². The highest BCUT2D eigenvalue weighted by atomic mass is 32.1. The molecular formula is C22H25NO5S. The highest BCUT2D eigenvalue weighted by Crippen LogP contribution is 2.29. The largest absolute Gasteiger partial charge is 0.467 e. The second kappa shape index (κ2) is 10.2. The van der Waals surface area contributed by atoms with Gasteiger partial charge in [0.15, 0.2) is 6.61 Å². The summed E-state index contributed by atoms with van der Waals surface area (Å²) < 4.78 is 9.95. The highest BCUT2D eigenvalue weighted by Gasteiger charge is 2.23. The number of aryl methyl sites for hydroxylation is 2. The van der Waals surface area contributed by atoms with E-state index in [9.17, 15) is 14.4 Å². The number of rotatable bonds is 7. The lowest BCUT2D eigenvalue weighted by Gasteiger charge is -2.16. The Morgan fingerprint density at radius 1 is 1.10 bits per heavy atom. The minimum atomic E-state index is -0.841. The number of thiophene rings is 1. The van der Waals surface area contributed by atoms with Crippen molar-refractivity contribution in [2.75, 3.05) is 13.7 Å². The molecule has 3 rings (SSSR count). The van der Waals surface area contributed by atoms with Crippen LogP contribution in [0.2, 0.25) is 0 Å². The molecule has 1 aliphatic rings. The van der Waals surface area contributed by atoms with Crippen molar-refractivity contribution in [1.29, 1.82) is 0 Å². The van der Waals surface area contributed by atoms with Crippen LogP contribution in [0.3, 0.4) is 0 Å². The summed E-state index contributed by atoms with van der Waals surface area (Å²) in [5.74, 6) is -1.59. The Kier molecular flexibility index (Phi) is 7.41. The summed E-state index contributed by atoms with van der Waals surface area (Å²) in [6.07, 6.45) is 5.77. The molecule has 0 bridgehead atoms. The maximum absolute atomic E-state index is 12.3. The number of fused-ring (bicyclic) bond motifs is 1. The number of amides is 1. The number of methoxy groups -OCH3 is 1. The molecule has 29 heavy (non-hydrogen) atoms. The summed E-state index contributed by atoms with van der Waals surface area (Å²) in [7, 11) is 1.27. The first-order valence-corrected chi connectivity index (χ1v) is 10.6. The van der Waals surface area contributed by atoms with Crippen molar-refractivity contribution in [3.05, 3.63) is 57.3 Å². The van der Waals surface area contributed by atoms with E-state index in [0.717, 1.165) is 31.2 Å². The van der Waals surface area contributed by atoms with Crippen LogP contribution in [0.1, 0.15) is 44.9 Å². The quantitative estimate of drug-likeness (QED) is 0.555. The molecule has 1 atom stereocenters. The molecule has 2 aromatic rings. The Balaban J connectivity index is 1.54. The minimum Gasteiger partial charge on any atom is -0.467 e. The second-order valence-electron chi connectivity index (χ2n) is 7.03. The molecule has 0 radical (unpaired) electrons. The van der Waals surface area contributed by atoms with Gasteiger partial charge in [0, 0.05) is 11.3 Å². The van der Waals surface area contributed by atoms with E-state index in [2.05, 4.69) is 5.32 Å². The number of hydrogen-bond acceptors (Lipinski definition) is 6. The zero-order chi connectivity index (χ0) is 20.6. The Labute approximate surface area is 174 Å². The van der Waals surface area contributed by atoms with Gasteiger partial charge in [0.05, 0.1) is 7.11 Å². The first kappa shape index (κ1) is 21.0. The smallest absolute Gasteiger partial charge is 0.348 e. The Hall–Kier alpha value is -2.67. The summed E-state index contributed by atoms with van der Waals surface area (Å²) >= 11 is 1.45. The van der Waals surface area contributed by atoms with Crippen molar-refractivity contribution in [2.45, 2.75) is 44.6 Å². The van der Waals surface area contributed by atoms with E-state index in [-0.39, 0.29) is 0 Å². The Morgan fingerprint density at radius 3 is 2.62 bits per heavy atom. The lowest BCUT2D eigenvalue weighted by Crippen LogP contribution is -2.44. The van der Waals surface area contributed by atoms with Gasteiger partial charge >= 0.3 is 11.9 Å². The second-order valence-corrected chi connectivity index (χ2v) is 8.17. The van der Waals surface area contributed by atoms with E-state index < -0.39 is 30.5 Å². The fraction of sp³-hybridized carbons (Fsp3) is 0.409. The van der Waals surface area contributed by atoms with Gasteiger partial charge < -0.3 is 14.8 Å². The zero-order valence-electron chi connectivity index (χ0n) is 16.4. The summed E-state index contributed by atoms with van der Waals surface area (Å²) in [6.45, 7) is -0.441. The van der Waals surface area contributed by atoms with Crippen LogP contribution in [0.5, 0.6) is 0 Å². The lowest BCUT2D eigenvalue weighted by atomic mass is 10.1. The van der Waals surface area contributed by atoms with E-state index in [1.54, 1.807) is 0 Å². The number of ether oxygens (including phenoxy) is 2. The maximum Gasteiger partial charge on any atom is 0.348 e. The third kappa shape index (κ3) is 5.90. The molecule has 1 aromatic heterocycles. The van der Waals surface area contributed by atoms with Gasteiger partial charge in [-0.05, 0) is 42.9 Å². The average Bonchev–Trinajstić information content (AvgIpc) is 3.02. The van der Waals surface area contributed by atoms with Crippen LogP contribution in [0, 0.1) is 0 Å². The molecule has 7 heteroatoms. The summed E-state index contributed by atoms with van der Waals surface area (Å²) in [5, 5.41) is 2.59. The molecule has 0 saturated carbocycles. The fourth-order valence-electron chi connectivity index (χ4n) is 3.39. The number of benzene rings is 1. The van der Waals surface area contributed by atoms with Crippen molar-refractivity contribution in [1.82, 2.24) is 5.32 Å². The number of esters is 2. The van der Waals surface area contributed by atoms with E-state index in [4.69, 9.17) is 9.47 Å². The molecule has 0 saturated heterocycles. The fourth-order valence-corrected chi connectivity index (χ4v) is 4.54. The molecule has 1 aromatic carbocycles. The monoisotopic (exact) mass is 415 g/mol. The predicted octanol–water partition coefficient (Wildman–Crippen LogP) is 3.07. The van der Waals surface area contributed by atoms with Crippen LogP contribution in [0.4, 0.5) is 0 Å². The Morgan fingerprint density at radius 2 is 1.86 bits per heavy atom. The molecule has 1 amide bonds. The Bertz CT molecular complexity index is 838. The molecule has 154 valence electrons. The standard InChI is InChI=1S/C22H25NO5S/c1-27-21(25)17(12-15-8-4-2-5-9-15)23-20(24)14-28-22(26)19-13-16-10-6-3-7-11-18(16)29-19/h2,4-5,8-9,13,17H,3,6-7,10-12,14H2,1H3,(H,23,24)/t17-/m1/s1. The molecular weight excluding hydrogens is 390 g/mol. The van der Waals surface area contributed by atoms with Crippen LogP contribution in [0.25, 0.3) is 0 Å². The predicted molar refractivity (Wildman–Crippen MR) is 110 cm³/mol. The third-order valence-electron chi connectivity index (χ3n) is 4.89. The van der Waals surface area contributed by atoms with Crippen LogP contribution in [0.15, 0.2) is 36.4 Å².